The average molecular weight is 254 g/mol. The van der Waals surface area contributed by atoms with Crippen molar-refractivity contribution in [3.8, 4) is 6.07 Å². The summed E-state index contributed by atoms with van der Waals surface area (Å²) >= 11 is 0. The van der Waals surface area contributed by atoms with Crippen molar-refractivity contribution >= 4 is 0 Å². The number of hydrogen-bond donors (Lipinski definition) is 1. The molecule has 0 radical (unpaired) electrons. The molecule has 100 valence electrons. The van der Waals surface area contributed by atoms with E-state index in [-0.39, 0.29) is 5.41 Å². The molecule has 0 aromatic heterocycles. The van der Waals surface area contributed by atoms with Crippen molar-refractivity contribution in [3.63, 3.8) is 0 Å². The first-order chi connectivity index (χ1) is 9.23. The van der Waals surface area contributed by atoms with E-state index in [0.717, 1.165) is 31.2 Å². The predicted octanol–water partition coefficient (Wildman–Crippen LogP) is 3.25. The quantitative estimate of drug-likeness (QED) is 0.875. The van der Waals surface area contributed by atoms with Gasteiger partial charge >= 0.3 is 0 Å². The number of nitriles is 1. The highest BCUT2D eigenvalue weighted by Gasteiger charge is 2.46. The van der Waals surface area contributed by atoms with Crippen LogP contribution in [0.5, 0.6) is 0 Å². The zero-order valence-corrected chi connectivity index (χ0v) is 11.6. The predicted molar refractivity (Wildman–Crippen MR) is 76.6 cm³/mol. The molecule has 1 aromatic carbocycles. The van der Waals surface area contributed by atoms with Gasteiger partial charge in [-0.25, -0.2) is 0 Å². The molecule has 1 atom stereocenters. The summed E-state index contributed by atoms with van der Waals surface area (Å²) in [6.07, 6.45) is 4.76. The fraction of sp³-hybridized carbons (Fsp3) is 0.588. The highest BCUT2D eigenvalue weighted by atomic mass is 14.9. The van der Waals surface area contributed by atoms with Crippen molar-refractivity contribution < 1.29 is 0 Å². The van der Waals surface area contributed by atoms with Crippen molar-refractivity contribution in [2.75, 3.05) is 6.54 Å². The Kier molecular flexibility index (Phi) is 3.33. The van der Waals surface area contributed by atoms with Crippen molar-refractivity contribution in [1.82, 2.24) is 5.32 Å². The van der Waals surface area contributed by atoms with Crippen LogP contribution in [0.4, 0.5) is 0 Å². The number of rotatable bonds is 5. The Bertz CT molecular complexity index is 464. The van der Waals surface area contributed by atoms with Gasteiger partial charge in [0, 0.05) is 6.04 Å². The summed E-state index contributed by atoms with van der Waals surface area (Å²) in [4.78, 5) is 0. The zero-order chi connectivity index (χ0) is 13.3. The van der Waals surface area contributed by atoms with Crippen LogP contribution in [0.1, 0.15) is 38.2 Å². The first-order valence-electron chi connectivity index (χ1n) is 7.44. The number of nitrogens with zero attached hydrogens (tertiary/aromatic N) is 1. The zero-order valence-electron chi connectivity index (χ0n) is 11.6. The van der Waals surface area contributed by atoms with Crippen LogP contribution in [0, 0.1) is 23.2 Å². The lowest BCUT2D eigenvalue weighted by molar-refractivity contribution is 0.217. The van der Waals surface area contributed by atoms with Gasteiger partial charge in [0.2, 0.25) is 0 Å². The summed E-state index contributed by atoms with van der Waals surface area (Å²) in [5.41, 5.74) is 0.952. The normalized spacial score (nSPS) is 31.3. The number of nitrogens with one attached hydrogen (secondary N) is 1. The van der Waals surface area contributed by atoms with E-state index in [4.69, 9.17) is 0 Å². The number of benzene rings is 1. The molecule has 0 spiro atoms. The van der Waals surface area contributed by atoms with Crippen LogP contribution >= 0.6 is 0 Å². The molecule has 2 fully saturated rings. The summed E-state index contributed by atoms with van der Waals surface area (Å²) in [6.45, 7) is 3.46. The van der Waals surface area contributed by atoms with Gasteiger partial charge in [-0.2, -0.15) is 5.26 Å². The summed E-state index contributed by atoms with van der Waals surface area (Å²) in [7, 11) is 0. The Morgan fingerprint density at radius 3 is 2.58 bits per heavy atom. The van der Waals surface area contributed by atoms with Crippen LogP contribution in [-0.2, 0) is 5.41 Å². The smallest absolute Gasteiger partial charge is 0.0852 e. The van der Waals surface area contributed by atoms with Crippen LogP contribution in [0.25, 0.3) is 0 Å². The molecule has 2 aliphatic rings. The molecule has 2 nitrogen and oxygen atoms in total. The van der Waals surface area contributed by atoms with Gasteiger partial charge in [-0.1, -0.05) is 37.3 Å². The van der Waals surface area contributed by atoms with Gasteiger partial charge < -0.3 is 5.32 Å². The monoisotopic (exact) mass is 254 g/mol. The van der Waals surface area contributed by atoms with Crippen molar-refractivity contribution in [2.45, 2.75) is 44.1 Å². The second-order valence-electron chi connectivity index (χ2n) is 6.39. The molecule has 0 bridgehead atoms. The van der Waals surface area contributed by atoms with E-state index in [0.29, 0.717) is 6.04 Å². The molecule has 0 amide bonds. The third kappa shape index (κ3) is 2.53. The van der Waals surface area contributed by atoms with Crippen LogP contribution in [0.3, 0.4) is 0 Å². The second kappa shape index (κ2) is 4.98. The molecular weight excluding hydrogens is 232 g/mol. The molecule has 1 N–H and O–H groups in total. The van der Waals surface area contributed by atoms with Gasteiger partial charge in [-0.3, -0.25) is 0 Å². The second-order valence-corrected chi connectivity index (χ2v) is 6.39. The molecular formula is C17H22N2. The summed E-state index contributed by atoms with van der Waals surface area (Å²) in [5.74, 6) is 1.76. The lowest BCUT2D eigenvalue weighted by Crippen LogP contribution is -2.51. The standard InChI is InChI=1S/C17H22N2/c1-13(14-7-8-14)11-19-16-9-17(10-16,12-18)15-5-3-2-4-6-15/h2-6,13-14,16,19H,7-11H2,1H3. The lowest BCUT2D eigenvalue weighted by Gasteiger charge is -2.43. The van der Waals surface area contributed by atoms with Crippen LogP contribution < -0.4 is 5.32 Å². The molecule has 0 saturated heterocycles. The maximum absolute atomic E-state index is 9.51. The molecule has 1 unspecified atom stereocenters. The van der Waals surface area contributed by atoms with Gasteiger partial charge in [0.25, 0.3) is 0 Å². The molecule has 2 saturated carbocycles. The van der Waals surface area contributed by atoms with Crippen LogP contribution in [0.2, 0.25) is 0 Å². The van der Waals surface area contributed by atoms with Crippen molar-refractivity contribution in [3.05, 3.63) is 35.9 Å². The fourth-order valence-corrected chi connectivity index (χ4v) is 3.26. The van der Waals surface area contributed by atoms with Gasteiger partial charge in [0.15, 0.2) is 0 Å². The third-order valence-corrected chi connectivity index (χ3v) is 4.89. The van der Waals surface area contributed by atoms with Crippen molar-refractivity contribution in [2.24, 2.45) is 11.8 Å². The SMILES string of the molecule is CC(CNC1CC(C#N)(c2ccccc2)C1)C1CC1. The van der Waals surface area contributed by atoms with E-state index in [1.54, 1.807) is 0 Å². The van der Waals surface area contributed by atoms with Gasteiger partial charge in [0.05, 0.1) is 11.5 Å². The highest BCUT2D eigenvalue weighted by Crippen LogP contribution is 2.43. The maximum Gasteiger partial charge on any atom is 0.0852 e. The fourth-order valence-electron chi connectivity index (χ4n) is 3.26. The van der Waals surface area contributed by atoms with E-state index in [2.05, 4.69) is 30.4 Å². The Morgan fingerprint density at radius 2 is 2.00 bits per heavy atom. The highest BCUT2D eigenvalue weighted by molar-refractivity contribution is 5.36. The van der Waals surface area contributed by atoms with E-state index >= 15 is 0 Å². The van der Waals surface area contributed by atoms with Gasteiger partial charge in [-0.05, 0) is 49.6 Å². The molecule has 3 rings (SSSR count). The summed E-state index contributed by atoms with van der Waals surface area (Å²) in [5, 5.41) is 13.2. The summed E-state index contributed by atoms with van der Waals surface area (Å²) < 4.78 is 0. The minimum absolute atomic E-state index is 0.234. The Morgan fingerprint density at radius 1 is 1.32 bits per heavy atom. The molecule has 0 aliphatic heterocycles. The third-order valence-electron chi connectivity index (χ3n) is 4.89. The van der Waals surface area contributed by atoms with Gasteiger partial charge in [0.1, 0.15) is 0 Å². The molecule has 1 aromatic rings. The minimum Gasteiger partial charge on any atom is -0.314 e. The molecule has 19 heavy (non-hydrogen) atoms. The Labute approximate surface area is 115 Å². The van der Waals surface area contributed by atoms with E-state index in [9.17, 15) is 5.26 Å². The van der Waals surface area contributed by atoms with E-state index in [1.807, 2.05) is 18.2 Å². The molecule has 0 heterocycles. The first kappa shape index (κ1) is 12.7. The summed E-state index contributed by atoms with van der Waals surface area (Å²) in [6, 6.07) is 13.3. The molecule has 2 heteroatoms. The first-order valence-corrected chi connectivity index (χ1v) is 7.44. The van der Waals surface area contributed by atoms with Crippen LogP contribution in [0.15, 0.2) is 30.3 Å². The molecule has 2 aliphatic carbocycles. The minimum atomic E-state index is -0.234. The lowest BCUT2D eigenvalue weighted by atomic mass is 9.62. The van der Waals surface area contributed by atoms with Crippen molar-refractivity contribution in [1.29, 1.82) is 5.26 Å². The Balaban J connectivity index is 1.53. The maximum atomic E-state index is 9.51. The largest absolute Gasteiger partial charge is 0.314 e. The van der Waals surface area contributed by atoms with Gasteiger partial charge in [-0.15, -0.1) is 0 Å². The van der Waals surface area contributed by atoms with E-state index < -0.39 is 0 Å². The Hall–Kier alpha value is -1.33. The topological polar surface area (TPSA) is 35.8 Å². The van der Waals surface area contributed by atoms with Crippen LogP contribution in [-0.4, -0.2) is 12.6 Å². The number of hydrogen-bond acceptors (Lipinski definition) is 2. The van der Waals surface area contributed by atoms with E-state index in [1.165, 1.54) is 18.4 Å². The average Bonchev–Trinajstić information content (AvgIpc) is 3.23.